The highest BCUT2D eigenvalue weighted by Crippen LogP contribution is 2.31. The molecule has 0 saturated carbocycles. The van der Waals surface area contributed by atoms with E-state index in [-0.39, 0.29) is 10.3 Å². The quantitative estimate of drug-likeness (QED) is 0.814. The molecule has 0 unspecified atom stereocenters. The number of benzene rings is 1. The van der Waals surface area contributed by atoms with E-state index < -0.39 is 9.05 Å². The summed E-state index contributed by atoms with van der Waals surface area (Å²) in [7, 11) is 1.59. The van der Waals surface area contributed by atoms with Crippen molar-refractivity contribution in [2.45, 2.75) is 24.2 Å². The Morgan fingerprint density at radius 1 is 1.22 bits per heavy atom. The van der Waals surface area contributed by atoms with Crippen LogP contribution >= 0.6 is 10.7 Å². The van der Waals surface area contributed by atoms with Crippen LogP contribution in [0, 0.1) is 0 Å². The van der Waals surface area contributed by atoms with E-state index in [1.165, 1.54) is 18.5 Å². The van der Waals surface area contributed by atoms with Crippen molar-refractivity contribution in [1.29, 1.82) is 0 Å². The van der Waals surface area contributed by atoms with E-state index in [0.29, 0.717) is 5.76 Å². The first kappa shape index (κ1) is 13.1. The summed E-state index contributed by atoms with van der Waals surface area (Å²) in [5, 5.41) is 0. The van der Waals surface area contributed by atoms with Crippen molar-refractivity contribution in [2.24, 2.45) is 0 Å². The molecule has 1 heterocycles. The minimum atomic E-state index is -3.68. The molecule has 0 aliphatic carbocycles. The van der Waals surface area contributed by atoms with Gasteiger partial charge >= 0.3 is 0 Å². The molecule has 0 bridgehead atoms. The van der Waals surface area contributed by atoms with Crippen LogP contribution in [0.25, 0.3) is 0 Å². The van der Waals surface area contributed by atoms with Crippen molar-refractivity contribution in [1.82, 2.24) is 4.98 Å². The lowest BCUT2D eigenvalue weighted by molar-refractivity contribution is 0.427. The number of hydrogen-bond donors (Lipinski definition) is 0. The summed E-state index contributed by atoms with van der Waals surface area (Å²) < 4.78 is 27.6. The largest absolute Gasteiger partial charge is 0.448 e. The molecule has 2 aromatic rings. The first-order chi connectivity index (χ1) is 8.32. The van der Waals surface area contributed by atoms with Gasteiger partial charge in [-0.2, -0.15) is 0 Å². The van der Waals surface area contributed by atoms with Gasteiger partial charge in [0.25, 0.3) is 9.05 Å². The zero-order valence-corrected chi connectivity index (χ0v) is 11.5. The second kappa shape index (κ2) is 4.40. The van der Waals surface area contributed by atoms with E-state index in [4.69, 9.17) is 15.1 Å². The predicted octanol–water partition coefficient (Wildman–Crippen LogP) is 2.93. The molecule has 1 aromatic heterocycles. The Morgan fingerprint density at radius 3 is 2.28 bits per heavy atom. The summed E-state index contributed by atoms with van der Waals surface area (Å²) in [5.74, 6) is 0.712. The van der Waals surface area contributed by atoms with Crippen molar-refractivity contribution in [3.05, 3.63) is 48.2 Å². The highest BCUT2D eigenvalue weighted by molar-refractivity contribution is 8.13. The Morgan fingerprint density at radius 2 is 1.83 bits per heavy atom. The van der Waals surface area contributed by atoms with Gasteiger partial charge in [-0.25, -0.2) is 13.4 Å². The van der Waals surface area contributed by atoms with Gasteiger partial charge in [0.2, 0.25) is 0 Å². The molecule has 0 spiro atoms. The van der Waals surface area contributed by atoms with Crippen LogP contribution < -0.4 is 0 Å². The third kappa shape index (κ3) is 2.42. The maximum absolute atomic E-state index is 11.2. The Balaban J connectivity index is 2.42. The molecular formula is C12H12ClNO3S. The third-order valence-electron chi connectivity index (χ3n) is 2.91. The molecule has 0 aliphatic heterocycles. The van der Waals surface area contributed by atoms with Crippen LogP contribution in [0.5, 0.6) is 0 Å². The molecule has 2 rings (SSSR count). The Kier molecular flexibility index (Phi) is 3.21. The fourth-order valence-corrected chi connectivity index (χ4v) is 2.47. The summed E-state index contributed by atoms with van der Waals surface area (Å²) in [4.78, 5) is 3.97. The summed E-state index contributed by atoms with van der Waals surface area (Å²) in [6, 6.07) is 6.40. The molecular weight excluding hydrogens is 274 g/mol. The average Bonchev–Trinajstić information content (AvgIpc) is 2.82. The topological polar surface area (TPSA) is 60.2 Å². The standard InChI is InChI=1S/C12H12ClNO3S/c1-12(2,11-7-14-8-17-11)9-3-5-10(6-4-9)18(13,15)16/h3-8H,1-2H3. The molecule has 96 valence electrons. The van der Waals surface area contributed by atoms with E-state index in [9.17, 15) is 8.42 Å². The molecule has 0 N–H and O–H groups in total. The van der Waals surface area contributed by atoms with Crippen molar-refractivity contribution in [2.75, 3.05) is 0 Å². The Hall–Kier alpha value is -1.33. The fraction of sp³-hybridized carbons (Fsp3) is 0.250. The van der Waals surface area contributed by atoms with Gasteiger partial charge in [0, 0.05) is 16.1 Å². The normalized spacial score (nSPS) is 12.6. The number of halogens is 1. The Bertz CT molecular complexity index is 630. The van der Waals surface area contributed by atoms with Crippen molar-refractivity contribution >= 4 is 19.7 Å². The molecule has 0 saturated heterocycles. The fourth-order valence-electron chi connectivity index (χ4n) is 1.70. The minimum absolute atomic E-state index is 0.0845. The van der Waals surface area contributed by atoms with Gasteiger partial charge in [-0.05, 0) is 31.5 Å². The summed E-state index contributed by atoms with van der Waals surface area (Å²) >= 11 is 0. The van der Waals surface area contributed by atoms with Gasteiger partial charge in [-0.15, -0.1) is 0 Å². The third-order valence-corrected chi connectivity index (χ3v) is 4.28. The van der Waals surface area contributed by atoms with E-state index in [1.807, 2.05) is 13.8 Å². The highest BCUT2D eigenvalue weighted by atomic mass is 35.7. The Labute approximate surface area is 110 Å². The molecule has 0 atom stereocenters. The zero-order valence-electron chi connectivity index (χ0n) is 9.92. The maximum Gasteiger partial charge on any atom is 0.261 e. The molecule has 0 aliphatic rings. The summed E-state index contributed by atoms with van der Waals surface area (Å²) in [6.45, 7) is 3.94. The van der Waals surface area contributed by atoms with Crippen LogP contribution in [0.4, 0.5) is 0 Å². The number of aromatic nitrogens is 1. The van der Waals surface area contributed by atoms with Crippen LogP contribution in [-0.2, 0) is 14.5 Å². The second-order valence-electron chi connectivity index (χ2n) is 4.45. The van der Waals surface area contributed by atoms with E-state index in [2.05, 4.69) is 4.98 Å². The van der Waals surface area contributed by atoms with Crippen LogP contribution in [0.2, 0.25) is 0 Å². The molecule has 0 fully saturated rings. The lowest BCUT2D eigenvalue weighted by Crippen LogP contribution is -2.18. The molecule has 6 heteroatoms. The van der Waals surface area contributed by atoms with Crippen LogP contribution in [0.15, 0.2) is 46.2 Å². The molecule has 18 heavy (non-hydrogen) atoms. The van der Waals surface area contributed by atoms with Gasteiger partial charge in [0.15, 0.2) is 6.39 Å². The SMILES string of the molecule is CC(C)(c1ccc(S(=O)(=O)Cl)cc1)c1cnco1. The van der Waals surface area contributed by atoms with Crippen molar-refractivity contribution in [3.63, 3.8) is 0 Å². The van der Waals surface area contributed by atoms with Gasteiger partial charge < -0.3 is 4.42 Å². The molecule has 4 nitrogen and oxygen atoms in total. The van der Waals surface area contributed by atoms with E-state index >= 15 is 0 Å². The van der Waals surface area contributed by atoms with Crippen LogP contribution in [0.1, 0.15) is 25.2 Å². The average molecular weight is 286 g/mol. The first-order valence-electron chi connectivity index (χ1n) is 5.26. The van der Waals surface area contributed by atoms with Crippen molar-refractivity contribution < 1.29 is 12.8 Å². The van der Waals surface area contributed by atoms with Gasteiger partial charge in [0.05, 0.1) is 11.1 Å². The molecule has 0 amide bonds. The van der Waals surface area contributed by atoms with Gasteiger partial charge in [0.1, 0.15) is 5.76 Å². The lowest BCUT2D eigenvalue weighted by atomic mass is 9.83. The molecule has 1 aromatic carbocycles. The monoisotopic (exact) mass is 285 g/mol. The summed E-state index contributed by atoms with van der Waals surface area (Å²) in [6.07, 6.45) is 3.01. The van der Waals surface area contributed by atoms with E-state index in [0.717, 1.165) is 5.56 Å². The zero-order chi connectivity index (χ0) is 13.4. The summed E-state index contributed by atoms with van der Waals surface area (Å²) in [5.41, 5.74) is 0.536. The maximum atomic E-state index is 11.2. The smallest absolute Gasteiger partial charge is 0.261 e. The number of nitrogens with zero attached hydrogens (tertiary/aromatic N) is 1. The van der Waals surface area contributed by atoms with Gasteiger partial charge in [-0.3, -0.25) is 0 Å². The second-order valence-corrected chi connectivity index (χ2v) is 7.02. The van der Waals surface area contributed by atoms with Crippen LogP contribution in [-0.4, -0.2) is 13.4 Å². The van der Waals surface area contributed by atoms with Gasteiger partial charge in [-0.1, -0.05) is 12.1 Å². The number of oxazole rings is 1. The predicted molar refractivity (Wildman–Crippen MR) is 68.1 cm³/mol. The number of hydrogen-bond acceptors (Lipinski definition) is 4. The first-order valence-corrected chi connectivity index (χ1v) is 7.57. The van der Waals surface area contributed by atoms with E-state index in [1.54, 1.807) is 18.3 Å². The minimum Gasteiger partial charge on any atom is -0.448 e. The number of rotatable bonds is 3. The van der Waals surface area contributed by atoms with Crippen LogP contribution in [0.3, 0.4) is 0 Å². The lowest BCUT2D eigenvalue weighted by Gasteiger charge is -2.22. The highest BCUT2D eigenvalue weighted by Gasteiger charge is 2.26. The van der Waals surface area contributed by atoms with Crippen molar-refractivity contribution in [3.8, 4) is 0 Å². The molecule has 0 radical (unpaired) electrons.